The fraction of sp³-hybridized carbons (Fsp3) is 0.478. The number of aromatic nitrogens is 1. The lowest BCUT2D eigenvalue weighted by atomic mass is 9.98. The van der Waals surface area contributed by atoms with Gasteiger partial charge in [0.2, 0.25) is 0 Å². The van der Waals surface area contributed by atoms with Crippen molar-refractivity contribution in [3.8, 4) is 0 Å². The molecule has 0 radical (unpaired) electrons. The Balaban J connectivity index is 1.49. The van der Waals surface area contributed by atoms with Crippen LogP contribution < -0.4 is 5.32 Å². The van der Waals surface area contributed by atoms with Crippen molar-refractivity contribution in [3.63, 3.8) is 0 Å². The van der Waals surface area contributed by atoms with E-state index in [2.05, 4.69) is 49.3 Å². The van der Waals surface area contributed by atoms with Crippen molar-refractivity contribution >= 4 is 17.4 Å². The Morgan fingerprint density at radius 1 is 1.17 bits per heavy atom. The quantitative estimate of drug-likeness (QED) is 0.839. The van der Waals surface area contributed by atoms with Crippen molar-refractivity contribution in [1.82, 2.24) is 9.88 Å². The third kappa shape index (κ3) is 4.14. The van der Waals surface area contributed by atoms with Gasteiger partial charge in [0.05, 0.1) is 13.2 Å². The van der Waals surface area contributed by atoms with Crippen LogP contribution in [0.15, 0.2) is 36.5 Å². The molecule has 1 spiro atoms. The average Bonchev–Trinajstić information content (AvgIpc) is 3.17. The van der Waals surface area contributed by atoms with Crippen LogP contribution in [0.25, 0.3) is 0 Å². The van der Waals surface area contributed by atoms with Gasteiger partial charge in [0.1, 0.15) is 5.82 Å². The Bertz CT molecular complexity index is 881. The molecule has 4 rings (SSSR count). The van der Waals surface area contributed by atoms with Gasteiger partial charge in [0, 0.05) is 43.4 Å². The van der Waals surface area contributed by atoms with Gasteiger partial charge in [-0.25, -0.2) is 4.98 Å². The molecule has 154 valence electrons. The summed E-state index contributed by atoms with van der Waals surface area (Å²) in [5.74, 6) is 0.628. The maximum absolute atomic E-state index is 13.0. The lowest BCUT2D eigenvalue weighted by Crippen LogP contribution is -2.47. The second-order valence-corrected chi connectivity index (χ2v) is 8.15. The Hall–Kier alpha value is -2.44. The highest BCUT2D eigenvalue weighted by Gasteiger charge is 2.40. The summed E-state index contributed by atoms with van der Waals surface area (Å²) < 4.78 is 11.5. The smallest absolute Gasteiger partial charge is 0.254 e. The van der Waals surface area contributed by atoms with Gasteiger partial charge in [0.15, 0.2) is 5.79 Å². The number of piperidine rings is 1. The van der Waals surface area contributed by atoms with Crippen LogP contribution >= 0.6 is 0 Å². The molecule has 3 heterocycles. The molecule has 0 aliphatic carbocycles. The molecule has 2 fully saturated rings. The Labute approximate surface area is 172 Å². The minimum atomic E-state index is -0.472. The number of carbonyl (C=O) groups is 1. The number of nitrogens with one attached hydrogen (secondary N) is 1. The molecule has 2 saturated heterocycles. The van der Waals surface area contributed by atoms with Crippen molar-refractivity contribution in [1.29, 1.82) is 0 Å². The highest BCUT2D eigenvalue weighted by Crippen LogP contribution is 2.32. The number of anilines is 2. The van der Waals surface area contributed by atoms with Crippen LogP contribution in [0.2, 0.25) is 0 Å². The number of carbonyl (C=O) groups excluding carboxylic acids is 1. The maximum atomic E-state index is 13.0. The number of hydrogen-bond acceptors (Lipinski definition) is 5. The summed E-state index contributed by atoms with van der Waals surface area (Å²) >= 11 is 0. The normalized spacial score (nSPS) is 18.4. The van der Waals surface area contributed by atoms with Crippen LogP contribution in [0.3, 0.4) is 0 Å². The lowest BCUT2D eigenvalue weighted by molar-refractivity contribution is -0.181. The number of likely N-dealkylation sites (tertiary alicyclic amines) is 1. The van der Waals surface area contributed by atoms with E-state index in [9.17, 15) is 4.79 Å². The van der Waals surface area contributed by atoms with Crippen LogP contribution in [-0.2, 0) is 9.47 Å². The number of hydrogen-bond donors (Lipinski definition) is 1. The molecule has 1 amide bonds. The molecule has 0 saturated carbocycles. The van der Waals surface area contributed by atoms with Gasteiger partial charge in [-0.05, 0) is 36.1 Å². The van der Waals surface area contributed by atoms with Gasteiger partial charge in [-0.1, -0.05) is 32.0 Å². The molecular formula is C23H29N3O3. The highest BCUT2D eigenvalue weighted by molar-refractivity contribution is 5.95. The van der Waals surface area contributed by atoms with Gasteiger partial charge >= 0.3 is 0 Å². The van der Waals surface area contributed by atoms with Gasteiger partial charge in [-0.15, -0.1) is 0 Å². The van der Waals surface area contributed by atoms with Crippen molar-refractivity contribution in [2.75, 3.05) is 31.6 Å². The molecule has 1 N–H and O–H groups in total. The first-order valence-corrected chi connectivity index (χ1v) is 10.4. The van der Waals surface area contributed by atoms with E-state index in [0.29, 0.717) is 43.6 Å². The Morgan fingerprint density at radius 3 is 2.59 bits per heavy atom. The predicted octanol–water partition coefficient (Wildman–Crippen LogP) is 4.24. The number of aryl methyl sites for hydroxylation is 1. The zero-order valence-electron chi connectivity index (χ0n) is 17.4. The topological polar surface area (TPSA) is 63.7 Å². The number of rotatable bonds is 4. The summed E-state index contributed by atoms with van der Waals surface area (Å²) in [6.07, 6.45) is 3.13. The van der Waals surface area contributed by atoms with E-state index in [-0.39, 0.29) is 5.91 Å². The third-order valence-electron chi connectivity index (χ3n) is 5.81. The molecular weight excluding hydrogens is 366 g/mol. The predicted molar refractivity (Wildman–Crippen MR) is 113 cm³/mol. The van der Waals surface area contributed by atoms with E-state index in [4.69, 9.17) is 9.47 Å². The number of ether oxygens (including phenoxy) is 2. The first-order chi connectivity index (χ1) is 14.0. The minimum absolute atomic E-state index is 0.0252. The molecule has 1 aromatic heterocycles. The van der Waals surface area contributed by atoms with Crippen molar-refractivity contribution < 1.29 is 14.3 Å². The number of pyridine rings is 1. The van der Waals surface area contributed by atoms with E-state index in [1.807, 2.05) is 11.0 Å². The summed E-state index contributed by atoms with van der Waals surface area (Å²) in [5, 5.41) is 3.44. The summed E-state index contributed by atoms with van der Waals surface area (Å²) in [4.78, 5) is 19.4. The van der Waals surface area contributed by atoms with E-state index in [1.54, 1.807) is 12.3 Å². The van der Waals surface area contributed by atoms with Gasteiger partial charge in [-0.2, -0.15) is 0 Å². The molecule has 0 unspecified atom stereocenters. The largest absolute Gasteiger partial charge is 0.347 e. The van der Waals surface area contributed by atoms with Gasteiger partial charge < -0.3 is 19.7 Å². The molecule has 6 nitrogen and oxygen atoms in total. The minimum Gasteiger partial charge on any atom is -0.347 e. The van der Waals surface area contributed by atoms with Crippen LogP contribution in [-0.4, -0.2) is 47.9 Å². The summed E-state index contributed by atoms with van der Waals surface area (Å²) in [5.41, 5.74) is 4.11. The molecule has 1 aromatic carbocycles. The van der Waals surface area contributed by atoms with Gasteiger partial charge in [-0.3, -0.25) is 4.79 Å². The third-order valence-corrected chi connectivity index (χ3v) is 5.81. The lowest BCUT2D eigenvalue weighted by Gasteiger charge is -2.37. The molecule has 2 aromatic rings. The number of para-hydroxylation sites is 1. The second-order valence-electron chi connectivity index (χ2n) is 8.15. The zero-order chi connectivity index (χ0) is 20.4. The molecule has 29 heavy (non-hydrogen) atoms. The van der Waals surface area contributed by atoms with Crippen molar-refractivity contribution in [3.05, 3.63) is 53.2 Å². The molecule has 2 aliphatic rings. The Morgan fingerprint density at radius 2 is 1.90 bits per heavy atom. The molecule has 2 aliphatic heterocycles. The van der Waals surface area contributed by atoms with Crippen LogP contribution in [0.4, 0.5) is 11.5 Å². The molecule has 6 heteroatoms. The SMILES string of the molecule is Cc1cccc(C(C)C)c1Nc1cc(C(=O)N2CCC3(CC2)OCCO3)ccn1. The standard InChI is InChI=1S/C23H29N3O3/c1-16(2)19-6-4-5-17(3)21(19)25-20-15-18(7-10-24-20)22(27)26-11-8-23(9-12-26)28-13-14-29-23/h4-7,10,15-16H,8-9,11-14H2,1-3H3,(H,24,25). The number of amides is 1. The first kappa shape index (κ1) is 19.9. The number of benzene rings is 1. The fourth-order valence-corrected chi connectivity index (χ4v) is 4.12. The van der Waals surface area contributed by atoms with E-state index in [0.717, 1.165) is 24.1 Å². The zero-order valence-corrected chi connectivity index (χ0v) is 17.4. The maximum Gasteiger partial charge on any atom is 0.254 e. The fourth-order valence-electron chi connectivity index (χ4n) is 4.12. The second kappa shape index (κ2) is 8.13. The van der Waals surface area contributed by atoms with E-state index in [1.165, 1.54) is 5.56 Å². The van der Waals surface area contributed by atoms with E-state index >= 15 is 0 Å². The van der Waals surface area contributed by atoms with Crippen molar-refractivity contribution in [2.24, 2.45) is 0 Å². The number of nitrogens with zero attached hydrogens (tertiary/aromatic N) is 2. The highest BCUT2D eigenvalue weighted by atomic mass is 16.7. The van der Waals surface area contributed by atoms with Gasteiger partial charge in [0.25, 0.3) is 5.91 Å². The molecule has 0 atom stereocenters. The van der Waals surface area contributed by atoms with Crippen LogP contribution in [0.5, 0.6) is 0 Å². The molecule has 0 bridgehead atoms. The van der Waals surface area contributed by atoms with Crippen LogP contribution in [0, 0.1) is 6.92 Å². The average molecular weight is 396 g/mol. The monoisotopic (exact) mass is 395 g/mol. The summed E-state index contributed by atoms with van der Waals surface area (Å²) in [6.45, 7) is 9.00. The summed E-state index contributed by atoms with van der Waals surface area (Å²) in [7, 11) is 0. The Kier molecular flexibility index (Phi) is 5.56. The van der Waals surface area contributed by atoms with E-state index < -0.39 is 5.79 Å². The first-order valence-electron chi connectivity index (χ1n) is 10.4. The van der Waals surface area contributed by atoms with Crippen molar-refractivity contribution in [2.45, 2.75) is 45.3 Å². The summed E-state index contributed by atoms with van der Waals surface area (Å²) in [6, 6.07) is 9.91. The van der Waals surface area contributed by atoms with Crippen LogP contribution in [0.1, 0.15) is 54.1 Å².